The van der Waals surface area contributed by atoms with E-state index in [4.69, 9.17) is 4.74 Å². The van der Waals surface area contributed by atoms with Gasteiger partial charge in [0.2, 0.25) is 11.9 Å². The number of anilines is 2. The van der Waals surface area contributed by atoms with E-state index in [1.54, 1.807) is 0 Å². The van der Waals surface area contributed by atoms with Gasteiger partial charge in [0, 0.05) is 13.1 Å². The highest BCUT2D eigenvalue weighted by molar-refractivity contribution is 5.36. The normalized spacial score (nSPS) is 16.6. The van der Waals surface area contributed by atoms with E-state index in [1.807, 2.05) is 13.8 Å². The van der Waals surface area contributed by atoms with E-state index in [2.05, 4.69) is 32.5 Å². The smallest absolute Gasteiger partial charge is 0.323 e. The molecule has 2 rings (SSSR count). The average Bonchev–Trinajstić information content (AvgIpc) is 2.35. The van der Waals surface area contributed by atoms with Crippen molar-refractivity contribution in [1.82, 2.24) is 15.0 Å². The van der Waals surface area contributed by atoms with Crippen LogP contribution >= 0.6 is 0 Å². The first-order chi connectivity index (χ1) is 9.15. The Morgan fingerprint density at radius 1 is 1.11 bits per heavy atom. The average molecular weight is 265 g/mol. The summed E-state index contributed by atoms with van der Waals surface area (Å²) in [4.78, 5) is 12.8. The molecule has 1 aromatic rings. The molecule has 0 bridgehead atoms. The van der Waals surface area contributed by atoms with Crippen molar-refractivity contribution in [3.63, 3.8) is 0 Å². The van der Waals surface area contributed by atoms with Crippen molar-refractivity contribution < 1.29 is 4.74 Å². The molecule has 1 aromatic heterocycles. The highest BCUT2D eigenvalue weighted by Crippen LogP contribution is 2.40. The molecule has 0 radical (unpaired) electrons. The van der Waals surface area contributed by atoms with Crippen molar-refractivity contribution in [1.29, 1.82) is 0 Å². The van der Waals surface area contributed by atoms with Crippen LogP contribution in [-0.2, 0) is 0 Å². The molecule has 0 aliphatic heterocycles. The van der Waals surface area contributed by atoms with Crippen LogP contribution in [0, 0.1) is 5.41 Å². The molecule has 0 aromatic carbocycles. The SMILES string of the molecule is CCNc1nc(NCC2(C)CCC2)nc(OCC)n1. The van der Waals surface area contributed by atoms with E-state index in [9.17, 15) is 0 Å². The van der Waals surface area contributed by atoms with E-state index < -0.39 is 0 Å². The molecule has 106 valence electrons. The minimum absolute atomic E-state index is 0.370. The van der Waals surface area contributed by atoms with Gasteiger partial charge in [-0.1, -0.05) is 13.3 Å². The predicted octanol–water partition coefficient (Wildman–Crippen LogP) is 2.30. The Morgan fingerprint density at radius 2 is 1.79 bits per heavy atom. The number of ether oxygens (including phenoxy) is 1. The van der Waals surface area contributed by atoms with Crippen LogP contribution in [0.2, 0.25) is 0 Å². The standard InChI is InChI=1S/C13H23N5O/c1-4-14-10-16-11(18-12(17-10)19-5-2)15-9-13(3)7-6-8-13/h4-9H2,1-3H3,(H2,14,15,16,17,18). The lowest BCUT2D eigenvalue weighted by molar-refractivity contribution is 0.179. The van der Waals surface area contributed by atoms with Gasteiger partial charge in [-0.05, 0) is 32.1 Å². The number of aromatic nitrogens is 3. The lowest BCUT2D eigenvalue weighted by Crippen LogP contribution is -2.33. The molecule has 0 unspecified atom stereocenters. The predicted molar refractivity (Wildman–Crippen MR) is 75.6 cm³/mol. The van der Waals surface area contributed by atoms with Crippen LogP contribution in [0.15, 0.2) is 0 Å². The Hall–Kier alpha value is -1.59. The number of rotatable bonds is 7. The minimum atomic E-state index is 0.370. The molecule has 0 saturated heterocycles. The first-order valence-corrected chi connectivity index (χ1v) is 7.02. The molecule has 19 heavy (non-hydrogen) atoms. The van der Waals surface area contributed by atoms with Gasteiger partial charge in [-0.3, -0.25) is 0 Å². The Kier molecular flexibility index (Phi) is 4.39. The zero-order chi connectivity index (χ0) is 13.7. The van der Waals surface area contributed by atoms with Crippen LogP contribution < -0.4 is 15.4 Å². The first-order valence-electron chi connectivity index (χ1n) is 7.02. The van der Waals surface area contributed by atoms with Gasteiger partial charge < -0.3 is 15.4 Å². The van der Waals surface area contributed by atoms with E-state index in [0.29, 0.717) is 29.9 Å². The number of hydrogen-bond donors (Lipinski definition) is 2. The molecule has 1 saturated carbocycles. The molecule has 6 heteroatoms. The molecular weight excluding hydrogens is 242 g/mol. The van der Waals surface area contributed by atoms with Crippen molar-refractivity contribution in [2.24, 2.45) is 5.41 Å². The topological polar surface area (TPSA) is 72.0 Å². The third-order valence-electron chi connectivity index (χ3n) is 3.46. The molecule has 1 aliphatic rings. The van der Waals surface area contributed by atoms with Gasteiger partial charge in [-0.25, -0.2) is 0 Å². The summed E-state index contributed by atoms with van der Waals surface area (Å²) in [7, 11) is 0. The molecule has 1 aliphatic carbocycles. The Balaban J connectivity index is 2.04. The summed E-state index contributed by atoms with van der Waals surface area (Å²) in [6.45, 7) is 8.43. The largest absolute Gasteiger partial charge is 0.464 e. The second-order valence-electron chi connectivity index (χ2n) is 5.25. The van der Waals surface area contributed by atoms with Crippen molar-refractivity contribution in [3.8, 4) is 6.01 Å². The fraction of sp³-hybridized carbons (Fsp3) is 0.769. The van der Waals surface area contributed by atoms with Crippen LogP contribution in [-0.4, -0.2) is 34.6 Å². The van der Waals surface area contributed by atoms with Crippen molar-refractivity contribution in [2.45, 2.75) is 40.0 Å². The first kappa shape index (κ1) is 13.8. The molecule has 0 spiro atoms. The molecule has 0 atom stereocenters. The van der Waals surface area contributed by atoms with Crippen LogP contribution in [0.25, 0.3) is 0 Å². The van der Waals surface area contributed by atoms with Gasteiger partial charge in [0.1, 0.15) is 0 Å². The van der Waals surface area contributed by atoms with Crippen LogP contribution in [0.4, 0.5) is 11.9 Å². The summed E-state index contributed by atoms with van der Waals surface area (Å²) in [5.74, 6) is 1.14. The van der Waals surface area contributed by atoms with E-state index >= 15 is 0 Å². The second-order valence-corrected chi connectivity index (χ2v) is 5.25. The minimum Gasteiger partial charge on any atom is -0.464 e. The molecule has 6 nitrogen and oxygen atoms in total. The lowest BCUT2D eigenvalue weighted by Gasteiger charge is -2.38. The van der Waals surface area contributed by atoms with E-state index in [-0.39, 0.29) is 0 Å². The third kappa shape index (κ3) is 3.68. The summed E-state index contributed by atoms with van der Waals surface area (Å²) < 4.78 is 5.36. The van der Waals surface area contributed by atoms with Crippen LogP contribution in [0.1, 0.15) is 40.0 Å². The highest BCUT2D eigenvalue weighted by Gasteiger charge is 2.31. The summed E-state index contributed by atoms with van der Waals surface area (Å²) in [6, 6.07) is 0.370. The quantitative estimate of drug-likeness (QED) is 0.788. The number of hydrogen-bond acceptors (Lipinski definition) is 6. The molecular formula is C13H23N5O. The summed E-state index contributed by atoms with van der Waals surface area (Å²) in [6.07, 6.45) is 3.86. The zero-order valence-electron chi connectivity index (χ0n) is 12.0. The maximum absolute atomic E-state index is 5.36. The van der Waals surface area contributed by atoms with E-state index in [1.165, 1.54) is 19.3 Å². The Morgan fingerprint density at radius 3 is 2.32 bits per heavy atom. The highest BCUT2D eigenvalue weighted by atomic mass is 16.5. The summed E-state index contributed by atoms with van der Waals surface area (Å²) in [5.41, 5.74) is 0.386. The van der Waals surface area contributed by atoms with Crippen molar-refractivity contribution >= 4 is 11.9 Å². The third-order valence-corrected chi connectivity index (χ3v) is 3.46. The van der Waals surface area contributed by atoms with E-state index in [0.717, 1.165) is 13.1 Å². The number of nitrogens with zero attached hydrogens (tertiary/aromatic N) is 3. The van der Waals surface area contributed by atoms with Crippen molar-refractivity contribution in [3.05, 3.63) is 0 Å². The maximum atomic E-state index is 5.36. The van der Waals surface area contributed by atoms with Gasteiger partial charge >= 0.3 is 6.01 Å². The maximum Gasteiger partial charge on any atom is 0.323 e. The Labute approximate surface area is 114 Å². The number of nitrogens with one attached hydrogen (secondary N) is 2. The van der Waals surface area contributed by atoms with Gasteiger partial charge in [0.15, 0.2) is 0 Å². The fourth-order valence-electron chi connectivity index (χ4n) is 2.12. The lowest BCUT2D eigenvalue weighted by atomic mass is 9.70. The molecule has 0 amide bonds. The second kappa shape index (κ2) is 6.04. The van der Waals surface area contributed by atoms with Crippen LogP contribution in [0.5, 0.6) is 6.01 Å². The zero-order valence-corrected chi connectivity index (χ0v) is 12.0. The molecule has 2 N–H and O–H groups in total. The summed E-state index contributed by atoms with van der Waals surface area (Å²) >= 11 is 0. The molecule has 1 heterocycles. The van der Waals surface area contributed by atoms with Crippen LogP contribution in [0.3, 0.4) is 0 Å². The van der Waals surface area contributed by atoms with Gasteiger partial charge in [-0.2, -0.15) is 15.0 Å². The Bertz CT molecular complexity index is 395. The van der Waals surface area contributed by atoms with Gasteiger partial charge in [0.25, 0.3) is 0 Å². The monoisotopic (exact) mass is 265 g/mol. The van der Waals surface area contributed by atoms with Crippen molar-refractivity contribution in [2.75, 3.05) is 30.3 Å². The van der Waals surface area contributed by atoms with Gasteiger partial charge in [-0.15, -0.1) is 0 Å². The summed E-state index contributed by atoms with van der Waals surface area (Å²) in [5, 5.41) is 6.39. The fourth-order valence-corrected chi connectivity index (χ4v) is 2.12. The van der Waals surface area contributed by atoms with Gasteiger partial charge in [0.05, 0.1) is 6.61 Å². The molecule has 1 fully saturated rings.